The maximum atomic E-state index is 12.3. The van der Waals surface area contributed by atoms with E-state index in [9.17, 15) is 18.0 Å². The first-order valence-electron chi connectivity index (χ1n) is 5.35. The Kier molecular flexibility index (Phi) is 3.84. The second kappa shape index (κ2) is 5.27. The van der Waals surface area contributed by atoms with Gasteiger partial charge >= 0.3 is 12.3 Å². The number of rotatable bonds is 3. The Morgan fingerprint density at radius 1 is 1.50 bits per heavy atom. The molecule has 2 aromatic rings. The van der Waals surface area contributed by atoms with Gasteiger partial charge in [-0.3, -0.25) is 4.90 Å². The lowest BCUT2D eigenvalue weighted by atomic mass is 10.3. The highest BCUT2D eigenvalue weighted by molar-refractivity contribution is 9.10. The van der Waals surface area contributed by atoms with Gasteiger partial charge in [0, 0.05) is 25.0 Å². The summed E-state index contributed by atoms with van der Waals surface area (Å²) >= 11 is 3.07. The third-order valence-corrected chi connectivity index (χ3v) is 2.84. The summed E-state index contributed by atoms with van der Waals surface area (Å²) in [6.45, 7) is -0.711. The van der Waals surface area contributed by atoms with Gasteiger partial charge in [-0.25, -0.2) is 14.3 Å². The van der Waals surface area contributed by atoms with Crippen LogP contribution in [-0.4, -0.2) is 38.5 Å². The molecule has 0 spiro atoms. The van der Waals surface area contributed by atoms with Crippen LogP contribution in [0.2, 0.25) is 0 Å². The minimum absolute atomic E-state index is 0.0358. The van der Waals surface area contributed by atoms with E-state index in [4.69, 9.17) is 5.11 Å². The van der Waals surface area contributed by atoms with Crippen LogP contribution >= 0.6 is 15.9 Å². The Balaban J connectivity index is 2.41. The van der Waals surface area contributed by atoms with Crippen LogP contribution in [0.15, 0.2) is 23.1 Å². The van der Waals surface area contributed by atoms with Crippen molar-refractivity contribution < 1.29 is 23.1 Å². The summed E-state index contributed by atoms with van der Waals surface area (Å²) in [7, 11) is 0. The molecular weight excluding hydrogens is 345 g/mol. The zero-order valence-corrected chi connectivity index (χ0v) is 11.4. The predicted molar refractivity (Wildman–Crippen MR) is 66.7 cm³/mol. The van der Waals surface area contributed by atoms with Crippen molar-refractivity contribution in [2.45, 2.75) is 12.6 Å². The predicted octanol–water partition coefficient (Wildman–Crippen LogP) is 2.93. The number of nitrogens with zero attached hydrogens (tertiary/aromatic N) is 4. The molecular formula is C10H8BrF3N4O2. The number of hydrogen-bond donors (Lipinski definition) is 1. The third kappa shape index (κ3) is 3.18. The molecule has 0 aromatic carbocycles. The van der Waals surface area contributed by atoms with E-state index >= 15 is 0 Å². The lowest BCUT2D eigenvalue weighted by Crippen LogP contribution is -2.33. The van der Waals surface area contributed by atoms with Gasteiger partial charge in [-0.15, -0.1) is 0 Å². The fourth-order valence-electron chi connectivity index (χ4n) is 1.63. The molecule has 10 heteroatoms. The van der Waals surface area contributed by atoms with Gasteiger partial charge in [0.25, 0.3) is 0 Å². The van der Waals surface area contributed by atoms with E-state index in [0.717, 1.165) is 0 Å². The lowest BCUT2D eigenvalue weighted by Gasteiger charge is -2.20. The Morgan fingerprint density at radius 3 is 2.80 bits per heavy atom. The quantitative estimate of drug-likeness (QED) is 0.921. The van der Waals surface area contributed by atoms with Crippen molar-refractivity contribution in [3.05, 3.63) is 23.1 Å². The number of anilines is 1. The number of carbonyl (C=O) groups is 1. The Morgan fingerprint density at radius 2 is 2.20 bits per heavy atom. The first kappa shape index (κ1) is 14.6. The number of aromatic nitrogens is 3. The second-order valence-electron chi connectivity index (χ2n) is 3.85. The fraction of sp³-hybridized carbons (Fsp3) is 0.300. The highest BCUT2D eigenvalue weighted by Crippen LogP contribution is 2.26. The van der Waals surface area contributed by atoms with Gasteiger partial charge in [-0.1, -0.05) is 0 Å². The normalized spacial score (nSPS) is 11.8. The summed E-state index contributed by atoms with van der Waals surface area (Å²) in [6.07, 6.45) is -4.33. The van der Waals surface area contributed by atoms with Crippen molar-refractivity contribution in [3.8, 4) is 0 Å². The number of halogens is 4. The largest absolute Gasteiger partial charge is 0.465 e. The summed E-state index contributed by atoms with van der Waals surface area (Å²) in [5.41, 5.74) is 0.200. The standard InChI is InChI=1S/C10H8BrF3N4O2/c11-7-5-6(8-15-2-4-18(8)16-7)17(9(19)20)3-1-10(12,13)14/h2,4-5H,1,3H2,(H,19,20). The van der Waals surface area contributed by atoms with Crippen LogP contribution in [0.5, 0.6) is 0 Å². The van der Waals surface area contributed by atoms with Crippen LogP contribution in [-0.2, 0) is 0 Å². The molecule has 0 fully saturated rings. The summed E-state index contributed by atoms with van der Waals surface area (Å²) < 4.78 is 38.4. The van der Waals surface area contributed by atoms with Crippen LogP contribution in [0.4, 0.5) is 23.7 Å². The number of imidazole rings is 1. The van der Waals surface area contributed by atoms with Crippen LogP contribution in [0.3, 0.4) is 0 Å². The van der Waals surface area contributed by atoms with E-state index in [1.54, 1.807) is 0 Å². The van der Waals surface area contributed by atoms with E-state index in [1.807, 2.05) is 0 Å². The molecule has 0 saturated heterocycles. The molecule has 0 aliphatic heterocycles. The van der Waals surface area contributed by atoms with Gasteiger partial charge in [-0.2, -0.15) is 18.3 Å². The number of amides is 1. The molecule has 2 heterocycles. The molecule has 2 rings (SSSR count). The minimum atomic E-state index is -4.44. The molecule has 0 bridgehead atoms. The molecule has 0 aliphatic rings. The van der Waals surface area contributed by atoms with Gasteiger partial charge < -0.3 is 5.11 Å². The van der Waals surface area contributed by atoms with Crippen molar-refractivity contribution in [1.82, 2.24) is 14.6 Å². The van der Waals surface area contributed by atoms with Gasteiger partial charge in [0.05, 0.1) is 12.1 Å². The molecule has 0 saturated carbocycles. The van der Waals surface area contributed by atoms with Crippen LogP contribution in [0, 0.1) is 0 Å². The molecule has 108 valence electrons. The van der Waals surface area contributed by atoms with Gasteiger partial charge in [0.1, 0.15) is 4.60 Å². The molecule has 20 heavy (non-hydrogen) atoms. The van der Waals surface area contributed by atoms with Crippen molar-refractivity contribution in [1.29, 1.82) is 0 Å². The SMILES string of the molecule is O=C(O)N(CCC(F)(F)F)c1cc(Br)nn2ccnc12. The van der Waals surface area contributed by atoms with Crippen molar-refractivity contribution >= 4 is 33.4 Å². The Labute approximate surface area is 118 Å². The van der Waals surface area contributed by atoms with Crippen molar-refractivity contribution in [2.75, 3.05) is 11.4 Å². The average molecular weight is 353 g/mol. The monoisotopic (exact) mass is 352 g/mol. The number of alkyl halides is 3. The van der Waals surface area contributed by atoms with E-state index < -0.39 is 25.2 Å². The summed E-state index contributed by atoms with van der Waals surface area (Å²) in [4.78, 5) is 15.7. The van der Waals surface area contributed by atoms with E-state index in [2.05, 4.69) is 26.0 Å². The molecule has 0 aliphatic carbocycles. The average Bonchev–Trinajstić information content (AvgIpc) is 2.74. The molecule has 2 aromatic heterocycles. The van der Waals surface area contributed by atoms with E-state index in [1.165, 1.54) is 23.0 Å². The van der Waals surface area contributed by atoms with E-state index in [0.29, 0.717) is 4.90 Å². The summed E-state index contributed by atoms with van der Waals surface area (Å²) in [6, 6.07) is 1.31. The molecule has 1 amide bonds. The summed E-state index contributed by atoms with van der Waals surface area (Å²) in [5, 5.41) is 13.1. The van der Waals surface area contributed by atoms with Gasteiger partial charge in [0.15, 0.2) is 5.65 Å². The van der Waals surface area contributed by atoms with Gasteiger partial charge in [0.2, 0.25) is 0 Å². The summed E-state index contributed by atoms with van der Waals surface area (Å²) in [5.74, 6) is 0. The van der Waals surface area contributed by atoms with E-state index in [-0.39, 0.29) is 15.9 Å². The first-order chi connectivity index (χ1) is 9.28. The van der Waals surface area contributed by atoms with Crippen LogP contribution in [0.1, 0.15) is 6.42 Å². The number of hydrogen-bond acceptors (Lipinski definition) is 3. The minimum Gasteiger partial charge on any atom is -0.465 e. The second-order valence-corrected chi connectivity index (χ2v) is 4.66. The third-order valence-electron chi connectivity index (χ3n) is 2.45. The van der Waals surface area contributed by atoms with Crippen LogP contribution in [0.25, 0.3) is 5.65 Å². The zero-order valence-electron chi connectivity index (χ0n) is 9.80. The van der Waals surface area contributed by atoms with Gasteiger partial charge in [-0.05, 0) is 15.9 Å². The lowest BCUT2D eigenvalue weighted by molar-refractivity contribution is -0.132. The fourth-order valence-corrected chi connectivity index (χ4v) is 2.01. The molecule has 6 nitrogen and oxygen atoms in total. The number of fused-ring (bicyclic) bond motifs is 1. The Bertz CT molecular complexity index is 643. The first-order valence-corrected chi connectivity index (χ1v) is 6.14. The highest BCUT2D eigenvalue weighted by Gasteiger charge is 2.30. The maximum Gasteiger partial charge on any atom is 0.411 e. The maximum absolute atomic E-state index is 12.3. The highest BCUT2D eigenvalue weighted by atomic mass is 79.9. The van der Waals surface area contributed by atoms with Crippen molar-refractivity contribution in [3.63, 3.8) is 0 Å². The zero-order chi connectivity index (χ0) is 14.9. The molecule has 0 atom stereocenters. The Hall–Kier alpha value is -1.84. The van der Waals surface area contributed by atoms with Crippen LogP contribution < -0.4 is 4.90 Å². The molecule has 1 N–H and O–H groups in total. The van der Waals surface area contributed by atoms with Crippen molar-refractivity contribution in [2.24, 2.45) is 0 Å². The number of carboxylic acid groups (broad SMARTS) is 1. The topological polar surface area (TPSA) is 70.7 Å². The molecule has 0 radical (unpaired) electrons. The molecule has 0 unspecified atom stereocenters. The smallest absolute Gasteiger partial charge is 0.411 e.